The summed E-state index contributed by atoms with van der Waals surface area (Å²) in [5, 5.41) is 0.233. The number of sulfonamides is 1. The molecular formula is C12H17ClN2O3S. The van der Waals surface area contributed by atoms with Crippen molar-refractivity contribution >= 4 is 27.3 Å². The van der Waals surface area contributed by atoms with Crippen LogP contribution < -0.4 is 10.5 Å². The third kappa shape index (κ3) is 3.82. The van der Waals surface area contributed by atoms with Crippen LogP contribution in [0.15, 0.2) is 23.1 Å². The summed E-state index contributed by atoms with van der Waals surface area (Å²) in [4.78, 5) is 0.113. The fraction of sp³-hybridized carbons (Fsp3) is 0.500. The Labute approximate surface area is 118 Å². The molecule has 0 aliphatic carbocycles. The van der Waals surface area contributed by atoms with Gasteiger partial charge in [-0.15, -0.1) is 0 Å². The van der Waals surface area contributed by atoms with Gasteiger partial charge in [0.1, 0.15) is 0 Å². The highest BCUT2D eigenvalue weighted by Crippen LogP contribution is 2.22. The van der Waals surface area contributed by atoms with Gasteiger partial charge >= 0.3 is 0 Å². The van der Waals surface area contributed by atoms with Gasteiger partial charge in [-0.3, -0.25) is 0 Å². The Bertz CT molecular complexity index is 542. The van der Waals surface area contributed by atoms with Crippen molar-refractivity contribution in [2.75, 3.05) is 18.9 Å². The Kier molecular flexibility index (Phi) is 4.67. The number of hydrogen-bond acceptors (Lipinski definition) is 4. The largest absolute Gasteiger partial charge is 0.398 e. The van der Waals surface area contributed by atoms with E-state index in [0.29, 0.717) is 12.3 Å². The first-order chi connectivity index (χ1) is 8.99. The highest BCUT2D eigenvalue weighted by Gasteiger charge is 2.19. The van der Waals surface area contributed by atoms with Gasteiger partial charge in [-0.2, -0.15) is 0 Å². The van der Waals surface area contributed by atoms with Crippen LogP contribution in [-0.2, 0) is 14.8 Å². The molecule has 1 atom stereocenters. The van der Waals surface area contributed by atoms with Crippen LogP contribution in [0.4, 0.5) is 5.69 Å². The highest BCUT2D eigenvalue weighted by molar-refractivity contribution is 7.89. The molecule has 5 nitrogen and oxygen atoms in total. The normalized spacial score (nSPS) is 20.4. The van der Waals surface area contributed by atoms with E-state index in [9.17, 15) is 8.42 Å². The van der Waals surface area contributed by atoms with Gasteiger partial charge in [-0.1, -0.05) is 11.6 Å². The topological polar surface area (TPSA) is 81.4 Å². The molecule has 1 fully saturated rings. The van der Waals surface area contributed by atoms with Crippen molar-refractivity contribution < 1.29 is 13.2 Å². The lowest BCUT2D eigenvalue weighted by Crippen LogP contribution is -2.35. The summed E-state index contributed by atoms with van der Waals surface area (Å²) in [6.07, 6.45) is 2.94. The number of ether oxygens (including phenoxy) is 1. The third-order valence-corrected chi connectivity index (χ3v) is 4.81. The standard InChI is InChI=1S/C12H17ClN2O3S/c13-11-7-10(4-5-12(11)14)19(16,17)15-8-9-3-1-2-6-18-9/h4-5,7,9,15H,1-3,6,8,14H2. The molecule has 1 aromatic rings. The SMILES string of the molecule is Nc1ccc(S(=O)(=O)NCC2CCCCO2)cc1Cl. The molecule has 1 heterocycles. The van der Waals surface area contributed by atoms with Crippen LogP contribution in [-0.4, -0.2) is 27.7 Å². The van der Waals surface area contributed by atoms with Crippen LogP contribution in [0.1, 0.15) is 19.3 Å². The quantitative estimate of drug-likeness (QED) is 0.831. The van der Waals surface area contributed by atoms with Crippen molar-refractivity contribution in [3.8, 4) is 0 Å². The molecule has 0 radical (unpaired) electrons. The van der Waals surface area contributed by atoms with E-state index in [4.69, 9.17) is 22.1 Å². The second-order valence-electron chi connectivity index (χ2n) is 4.52. The molecule has 1 unspecified atom stereocenters. The molecular weight excluding hydrogens is 288 g/mol. The smallest absolute Gasteiger partial charge is 0.240 e. The first-order valence-electron chi connectivity index (χ1n) is 6.15. The summed E-state index contributed by atoms with van der Waals surface area (Å²) in [6, 6.07) is 4.26. The minimum atomic E-state index is -3.57. The minimum Gasteiger partial charge on any atom is -0.398 e. The molecule has 1 saturated heterocycles. The van der Waals surface area contributed by atoms with E-state index in [1.54, 1.807) is 0 Å². The Morgan fingerprint density at radius 3 is 2.84 bits per heavy atom. The van der Waals surface area contributed by atoms with E-state index in [-0.39, 0.29) is 22.6 Å². The Hall–Kier alpha value is -0.820. The lowest BCUT2D eigenvalue weighted by Gasteiger charge is -2.22. The molecule has 1 aromatic carbocycles. The first-order valence-corrected chi connectivity index (χ1v) is 8.01. The number of hydrogen-bond donors (Lipinski definition) is 2. The van der Waals surface area contributed by atoms with Gasteiger partial charge in [-0.25, -0.2) is 13.1 Å². The summed E-state index contributed by atoms with van der Waals surface area (Å²) in [6.45, 7) is 0.977. The molecule has 0 spiro atoms. The van der Waals surface area contributed by atoms with Crippen molar-refractivity contribution in [2.24, 2.45) is 0 Å². The fourth-order valence-corrected chi connectivity index (χ4v) is 3.27. The number of benzene rings is 1. The zero-order valence-corrected chi connectivity index (χ0v) is 12.0. The molecule has 3 N–H and O–H groups in total. The van der Waals surface area contributed by atoms with E-state index in [1.165, 1.54) is 18.2 Å². The average Bonchev–Trinajstić information content (AvgIpc) is 2.41. The lowest BCUT2D eigenvalue weighted by molar-refractivity contribution is 0.0200. The van der Waals surface area contributed by atoms with Crippen LogP contribution in [0.3, 0.4) is 0 Å². The van der Waals surface area contributed by atoms with Gasteiger partial charge in [0.25, 0.3) is 0 Å². The zero-order chi connectivity index (χ0) is 13.9. The predicted octanol–water partition coefficient (Wildman–Crippen LogP) is 1.77. The summed E-state index contributed by atoms with van der Waals surface area (Å²) in [5.74, 6) is 0. The molecule has 106 valence electrons. The van der Waals surface area contributed by atoms with Gasteiger partial charge in [0.2, 0.25) is 10.0 Å². The van der Waals surface area contributed by atoms with Crippen LogP contribution in [0.2, 0.25) is 5.02 Å². The summed E-state index contributed by atoms with van der Waals surface area (Å²) in [5.41, 5.74) is 5.91. The third-order valence-electron chi connectivity index (χ3n) is 3.06. The molecule has 1 aliphatic heterocycles. The van der Waals surface area contributed by atoms with E-state index >= 15 is 0 Å². The van der Waals surface area contributed by atoms with E-state index in [1.807, 2.05) is 0 Å². The van der Waals surface area contributed by atoms with Gasteiger partial charge in [-0.05, 0) is 37.5 Å². The monoisotopic (exact) mass is 304 g/mol. The maximum absolute atomic E-state index is 12.1. The van der Waals surface area contributed by atoms with Crippen molar-refractivity contribution in [3.05, 3.63) is 23.2 Å². The number of nitrogens with two attached hydrogens (primary N) is 1. The number of anilines is 1. The molecule has 0 bridgehead atoms. The molecule has 0 saturated carbocycles. The molecule has 0 aromatic heterocycles. The van der Waals surface area contributed by atoms with Crippen molar-refractivity contribution in [3.63, 3.8) is 0 Å². The van der Waals surface area contributed by atoms with E-state index < -0.39 is 10.0 Å². The Balaban J connectivity index is 2.02. The Morgan fingerprint density at radius 2 is 2.21 bits per heavy atom. The zero-order valence-electron chi connectivity index (χ0n) is 10.4. The number of nitrogen functional groups attached to an aromatic ring is 1. The van der Waals surface area contributed by atoms with Gasteiger partial charge < -0.3 is 10.5 Å². The molecule has 2 rings (SSSR count). The van der Waals surface area contributed by atoms with Crippen LogP contribution >= 0.6 is 11.6 Å². The highest BCUT2D eigenvalue weighted by atomic mass is 35.5. The lowest BCUT2D eigenvalue weighted by atomic mass is 10.1. The fourth-order valence-electron chi connectivity index (χ4n) is 1.93. The maximum atomic E-state index is 12.1. The summed E-state index contributed by atoms with van der Waals surface area (Å²) >= 11 is 5.83. The number of rotatable bonds is 4. The summed E-state index contributed by atoms with van der Waals surface area (Å²) < 4.78 is 32.2. The maximum Gasteiger partial charge on any atom is 0.240 e. The van der Waals surface area contributed by atoms with Crippen LogP contribution in [0.5, 0.6) is 0 Å². The van der Waals surface area contributed by atoms with Gasteiger partial charge in [0.05, 0.1) is 21.7 Å². The van der Waals surface area contributed by atoms with Crippen LogP contribution in [0.25, 0.3) is 0 Å². The van der Waals surface area contributed by atoms with Crippen molar-refractivity contribution in [1.29, 1.82) is 0 Å². The predicted molar refractivity (Wildman–Crippen MR) is 74.6 cm³/mol. The summed E-state index contributed by atoms with van der Waals surface area (Å²) in [7, 11) is -3.57. The second kappa shape index (κ2) is 6.09. The number of halogens is 1. The molecule has 0 amide bonds. The minimum absolute atomic E-state index is 0.0484. The molecule has 1 aliphatic rings. The molecule has 7 heteroatoms. The van der Waals surface area contributed by atoms with Gasteiger partial charge in [0.15, 0.2) is 0 Å². The average molecular weight is 305 g/mol. The first kappa shape index (κ1) is 14.6. The second-order valence-corrected chi connectivity index (χ2v) is 6.70. The van der Waals surface area contributed by atoms with E-state index in [0.717, 1.165) is 19.3 Å². The van der Waals surface area contributed by atoms with Crippen LogP contribution in [0, 0.1) is 0 Å². The molecule has 19 heavy (non-hydrogen) atoms. The number of nitrogens with one attached hydrogen (secondary N) is 1. The van der Waals surface area contributed by atoms with Crippen molar-refractivity contribution in [2.45, 2.75) is 30.3 Å². The van der Waals surface area contributed by atoms with Crippen molar-refractivity contribution in [1.82, 2.24) is 4.72 Å². The Morgan fingerprint density at radius 1 is 1.42 bits per heavy atom. The van der Waals surface area contributed by atoms with E-state index in [2.05, 4.69) is 4.72 Å². The van der Waals surface area contributed by atoms with Gasteiger partial charge in [0, 0.05) is 13.2 Å².